The van der Waals surface area contributed by atoms with Crippen LogP contribution in [0.1, 0.15) is 22.3 Å². The average Bonchev–Trinajstić information content (AvgIpc) is 2.80. The van der Waals surface area contributed by atoms with Crippen molar-refractivity contribution in [3.8, 4) is 17.2 Å². The van der Waals surface area contributed by atoms with Gasteiger partial charge >= 0.3 is 0 Å². The Kier molecular flexibility index (Phi) is 5.86. The highest BCUT2D eigenvalue weighted by molar-refractivity contribution is 5.79. The van der Waals surface area contributed by atoms with Crippen molar-refractivity contribution in [1.82, 2.24) is 0 Å². The Hall–Kier alpha value is -4.02. The summed E-state index contributed by atoms with van der Waals surface area (Å²) >= 11 is 0. The van der Waals surface area contributed by atoms with E-state index in [1.807, 2.05) is 61.1 Å². The summed E-state index contributed by atoms with van der Waals surface area (Å²) in [6.45, 7) is 1.90. The molecule has 0 unspecified atom stereocenters. The van der Waals surface area contributed by atoms with Crippen LogP contribution in [-0.4, -0.2) is 0 Å². The lowest BCUT2D eigenvalue weighted by molar-refractivity contribution is 1.47. The molecule has 29 heavy (non-hydrogen) atoms. The second-order valence-corrected chi connectivity index (χ2v) is 6.65. The van der Waals surface area contributed by atoms with E-state index < -0.39 is 0 Å². The highest BCUT2D eigenvalue weighted by Crippen LogP contribution is 2.29. The van der Waals surface area contributed by atoms with Crippen LogP contribution in [0.4, 0.5) is 0 Å². The summed E-state index contributed by atoms with van der Waals surface area (Å²) in [6, 6.07) is 40.2. The van der Waals surface area contributed by atoms with Crippen LogP contribution in [-0.2, 0) is 0 Å². The number of hydrogen-bond acceptors (Lipinski definition) is 0. The molecule has 4 rings (SSSR count). The third kappa shape index (κ3) is 4.83. The van der Waals surface area contributed by atoms with E-state index in [1.165, 1.54) is 11.1 Å². The van der Waals surface area contributed by atoms with E-state index in [0.29, 0.717) is 0 Å². The van der Waals surface area contributed by atoms with E-state index in [0.717, 1.165) is 22.3 Å². The van der Waals surface area contributed by atoms with Crippen LogP contribution in [0, 0.1) is 12.6 Å². The summed E-state index contributed by atoms with van der Waals surface area (Å²) in [4.78, 5) is 4.50. The molecule has 0 bridgehead atoms. The Morgan fingerprint density at radius 2 is 1.28 bits per heavy atom. The van der Waals surface area contributed by atoms with Crippen molar-refractivity contribution >= 4 is 12.2 Å². The van der Waals surface area contributed by atoms with Crippen LogP contribution >= 0.6 is 0 Å². The first-order chi connectivity index (χ1) is 14.4. The van der Waals surface area contributed by atoms with Gasteiger partial charge in [0.2, 0.25) is 12.6 Å². The quantitative estimate of drug-likeness (QED) is 0.260. The second-order valence-electron chi connectivity index (χ2n) is 6.65. The maximum atomic E-state index is 4.50. The fourth-order valence-corrected chi connectivity index (χ4v) is 3.18. The molecule has 0 aliphatic carbocycles. The summed E-state index contributed by atoms with van der Waals surface area (Å²) in [6.07, 6.45) is 4.28. The lowest BCUT2D eigenvalue weighted by Crippen LogP contribution is -1.90. The first-order valence-electron chi connectivity index (χ1n) is 9.66. The molecule has 1 nitrogen and oxygen atoms in total. The Bertz CT molecular complexity index is 1150. The van der Waals surface area contributed by atoms with Gasteiger partial charge in [0.05, 0.1) is 0 Å². The van der Waals surface area contributed by atoms with E-state index in [1.54, 1.807) is 0 Å². The van der Waals surface area contributed by atoms with Gasteiger partial charge in [0.1, 0.15) is 0 Å². The molecule has 0 radical (unpaired) electrons. The normalized spacial score (nSPS) is 10.3. The topological polar surface area (TPSA) is 4.36 Å². The van der Waals surface area contributed by atoms with Crippen LogP contribution in [0.25, 0.3) is 28.1 Å². The molecule has 0 spiro atoms. The lowest BCUT2D eigenvalue weighted by atomic mass is 9.95. The van der Waals surface area contributed by atoms with Gasteiger partial charge in [0.25, 0.3) is 0 Å². The van der Waals surface area contributed by atoms with Crippen LogP contribution in [0.15, 0.2) is 109 Å². The third-order valence-corrected chi connectivity index (χ3v) is 4.64. The predicted octanol–water partition coefficient (Wildman–Crippen LogP) is 7.42. The zero-order chi connectivity index (χ0) is 19.7. The van der Waals surface area contributed by atoms with Gasteiger partial charge in [-0.1, -0.05) is 144 Å². The minimum Gasteiger partial charge on any atom is -0.140 e. The monoisotopic (exact) mass is 371 g/mol. The average molecular weight is 371 g/mol. The minimum absolute atomic E-state index is 0.960. The second kappa shape index (κ2) is 9.26. The van der Waals surface area contributed by atoms with Gasteiger partial charge in [0.15, 0.2) is 0 Å². The molecule has 0 saturated heterocycles. The standard InChI is InChI=1S/C28H21N/c1-4-11-23(12-5-1)19-20-26-17-10-18-27(25-15-8-3-9-16-25)28(26)22-29-21-24-13-6-2-7-14-24/h1-20,22H/b20-19+. The molecule has 1 heteroatoms. The Labute approximate surface area is 172 Å². The number of hydrogen-bond donors (Lipinski definition) is 0. The van der Waals surface area contributed by atoms with Crippen molar-refractivity contribution in [3.05, 3.63) is 143 Å². The molecule has 0 atom stereocenters. The van der Waals surface area contributed by atoms with Crippen molar-refractivity contribution in [3.63, 3.8) is 0 Å². The van der Waals surface area contributed by atoms with Gasteiger partial charge in [-0.15, -0.1) is 4.85 Å². The molecule has 4 aromatic carbocycles. The summed E-state index contributed by atoms with van der Waals surface area (Å²) in [5.74, 6) is 0. The lowest BCUT2D eigenvalue weighted by Gasteiger charge is -2.14. The Balaban J connectivity index is 1.73. The van der Waals surface area contributed by atoms with Gasteiger partial charge in [-0.3, -0.25) is 0 Å². The zero-order valence-electron chi connectivity index (χ0n) is 16.1. The van der Waals surface area contributed by atoms with E-state index in [9.17, 15) is 0 Å². The van der Waals surface area contributed by atoms with Crippen LogP contribution in [0.2, 0.25) is 0 Å². The molecule has 0 N–H and O–H groups in total. The van der Waals surface area contributed by atoms with E-state index in [4.69, 9.17) is 0 Å². The van der Waals surface area contributed by atoms with E-state index in [-0.39, 0.29) is 0 Å². The summed E-state index contributed by atoms with van der Waals surface area (Å²) in [5, 5.41) is 0. The highest BCUT2D eigenvalue weighted by atomic mass is 14.6. The van der Waals surface area contributed by atoms with Gasteiger partial charge in [-0.05, 0) is 5.56 Å². The SMILES string of the molecule is C(#[N+][CH-]c1c(/C=C/c2ccccc2)cccc1-c1ccccc1)c1ccccc1. The molecule has 0 saturated carbocycles. The van der Waals surface area contributed by atoms with Gasteiger partial charge in [0, 0.05) is 5.56 Å². The fourth-order valence-electron chi connectivity index (χ4n) is 3.18. The maximum Gasteiger partial charge on any atom is 0.223 e. The number of rotatable bonds is 4. The molecule has 0 aliphatic rings. The third-order valence-electron chi connectivity index (χ3n) is 4.64. The summed E-state index contributed by atoms with van der Waals surface area (Å²) in [7, 11) is 0. The molecule has 0 aromatic heterocycles. The predicted molar refractivity (Wildman–Crippen MR) is 123 cm³/mol. The molecule has 0 fully saturated rings. The number of nitrogens with zero attached hydrogens (tertiary/aromatic N) is 1. The molecule has 0 amide bonds. The molecule has 138 valence electrons. The molecule has 4 aromatic rings. The van der Waals surface area contributed by atoms with Crippen LogP contribution < -0.4 is 0 Å². The van der Waals surface area contributed by atoms with Crippen molar-refractivity contribution < 1.29 is 0 Å². The smallest absolute Gasteiger partial charge is 0.140 e. The van der Waals surface area contributed by atoms with Crippen molar-refractivity contribution in [2.24, 2.45) is 0 Å². The van der Waals surface area contributed by atoms with Crippen molar-refractivity contribution in [2.75, 3.05) is 0 Å². The van der Waals surface area contributed by atoms with Crippen LogP contribution in [0.5, 0.6) is 0 Å². The van der Waals surface area contributed by atoms with Crippen molar-refractivity contribution in [2.45, 2.75) is 0 Å². The molecular formula is C28H21N. The minimum atomic E-state index is 0.960. The summed E-state index contributed by atoms with van der Waals surface area (Å²) < 4.78 is 0. The first-order valence-corrected chi connectivity index (χ1v) is 9.66. The van der Waals surface area contributed by atoms with E-state index in [2.05, 4.69) is 77.7 Å². The number of benzene rings is 4. The van der Waals surface area contributed by atoms with E-state index >= 15 is 0 Å². The molecule has 0 heterocycles. The molecular weight excluding hydrogens is 350 g/mol. The summed E-state index contributed by atoms with van der Waals surface area (Å²) in [5.41, 5.74) is 6.65. The Morgan fingerprint density at radius 1 is 0.621 bits per heavy atom. The van der Waals surface area contributed by atoms with Gasteiger partial charge < -0.3 is 0 Å². The van der Waals surface area contributed by atoms with Crippen LogP contribution in [0.3, 0.4) is 0 Å². The first kappa shape index (κ1) is 18.3. The largest absolute Gasteiger partial charge is 0.223 e. The fraction of sp³-hybridized carbons (Fsp3) is 0. The highest BCUT2D eigenvalue weighted by Gasteiger charge is 2.06. The van der Waals surface area contributed by atoms with Crippen molar-refractivity contribution in [1.29, 1.82) is 0 Å². The van der Waals surface area contributed by atoms with Gasteiger partial charge in [-0.2, -0.15) is 0 Å². The van der Waals surface area contributed by atoms with Gasteiger partial charge in [-0.25, -0.2) is 0 Å². The maximum absolute atomic E-state index is 4.50. The Morgan fingerprint density at radius 3 is 2.00 bits per heavy atom. The molecule has 0 aliphatic heterocycles. The zero-order valence-corrected chi connectivity index (χ0v) is 16.1.